The van der Waals surface area contributed by atoms with E-state index in [-0.39, 0.29) is 28.4 Å². The number of carbonyl (C=O) groups excluding carboxylic acids is 1. The summed E-state index contributed by atoms with van der Waals surface area (Å²) in [6.45, 7) is 0. The van der Waals surface area contributed by atoms with E-state index in [0.29, 0.717) is 0 Å². The zero-order valence-electron chi connectivity index (χ0n) is 15.4. The molecule has 31 heavy (non-hydrogen) atoms. The third-order valence-corrected chi connectivity index (χ3v) is 4.24. The highest BCUT2D eigenvalue weighted by Gasteiger charge is 2.33. The third-order valence-electron chi connectivity index (χ3n) is 3.91. The molecule has 0 saturated heterocycles. The van der Waals surface area contributed by atoms with Gasteiger partial charge in [-0.15, -0.1) is 0 Å². The van der Waals surface area contributed by atoms with Crippen LogP contribution in [0.1, 0.15) is 11.1 Å². The van der Waals surface area contributed by atoms with Crippen molar-refractivity contribution in [3.8, 4) is 17.6 Å². The van der Waals surface area contributed by atoms with E-state index in [1.807, 2.05) is 0 Å². The van der Waals surface area contributed by atoms with Gasteiger partial charge in [0.05, 0.1) is 22.2 Å². The molecule has 0 saturated carbocycles. The first-order valence-corrected chi connectivity index (χ1v) is 8.96. The molecule has 3 aromatic carbocycles. The molecule has 158 valence electrons. The van der Waals surface area contributed by atoms with Gasteiger partial charge in [0, 0.05) is 17.4 Å². The first-order valence-electron chi connectivity index (χ1n) is 8.58. The van der Waals surface area contributed by atoms with Crippen LogP contribution in [0.15, 0.2) is 60.7 Å². The molecule has 0 radical (unpaired) electrons. The topological polar surface area (TPSA) is 74.1 Å². The van der Waals surface area contributed by atoms with E-state index >= 15 is 0 Å². The number of anilines is 2. The summed E-state index contributed by atoms with van der Waals surface area (Å²) < 4.78 is 58.2. The summed E-state index contributed by atoms with van der Waals surface area (Å²) in [6.07, 6.45) is -4.67. The second-order valence-electron chi connectivity index (χ2n) is 6.16. The molecule has 0 heterocycles. The standard InChI is InChI=1S/C21H12ClF4N3O2/c22-17-6-5-14(10-16(17)21(24,25)26)29-20(30)28-13-2-1-3-15(9-13)31-19-7-4-12(11-27)8-18(19)23/h1-10H,(H2,28,29,30). The highest BCUT2D eigenvalue weighted by Crippen LogP contribution is 2.36. The molecule has 0 aliphatic heterocycles. The Morgan fingerprint density at radius 1 is 1.00 bits per heavy atom. The molecule has 2 N–H and O–H groups in total. The number of hydrogen-bond acceptors (Lipinski definition) is 3. The maximum Gasteiger partial charge on any atom is 0.417 e. The average molecular weight is 450 g/mol. The molecule has 0 spiro atoms. The van der Waals surface area contributed by atoms with Crippen molar-refractivity contribution >= 4 is 29.0 Å². The van der Waals surface area contributed by atoms with Crippen LogP contribution in [-0.2, 0) is 6.18 Å². The largest absolute Gasteiger partial charge is 0.454 e. The first kappa shape index (κ1) is 21.9. The lowest BCUT2D eigenvalue weighted by molar-refractivity contribution is -0.137. The lowest BCUT2D eigenvalue weighted by Gasteiger charge is -2.13. The van der Waals surface area contributed by atoms with Crippen LogP contribution < -0.4 is 15.4 Å². The van der Waals surface area contributed by atoms with Crippen molar-refractivity contribution < 1.29 is 27.1 Å². The fourth-order valence-electron chi connectivity index (χ4n) is 2.53. The minimum Gasteiger partial charge on any atom is -0.454 e. The van der Waals surface area contributed by atoms with Gasteiger partial charge in [-0.3, -0.25) is 0 Å². The van der Waals surface area contributed by atoms with Crippen LogP contribution in [0.2, 0.25) is 5.02 Å². The number of carbonyl (C=O) groups is 1. The third kappa shape index (κ3) is 5.65. The van der Waals surface area contributed by atoms with E-state index < -0.39 is 28.6 Å². The fourth-order valence-corrected chi connectivity index (χ4v) is 2.76. The Hall–Kier alpha value is -3.77. The van der Waals surface area contributed by atoms with E-state index in [1.54, 1.807) is 6.07 Å². The number of alkyl halides is 3. The lowest BCUT2D eigenvalue weighted by atomic mass is 10.2. The second-order valence-corrected chi connectivity index (χ2v) is 6.57. The van der Waals surface area contributed by atoms with Gasteiger partial charge >= 0.3 is 12.2 Å². The molecule has 3 aromatic rings. The van der Waals surface area contributed by atoms with Crippen molar-refractivity contribution in [2.24, 2.45) is 0 Å². The molecule has 3 rings (SSSR count). The summed E-state index contributed by atoms with van der Waals surface area (Å²) in [6, 6.07) is 13.6. The number of benzene rings is 3. The van der Waals surface area contributed by atoms with Crippen molar-refractivity contribution in [1.82, 2.24) is 0 Å². The Bertz CT molecular complexity index is 1180. The van der Waals surface area contributed by atoms with Crippen molar-refractivity contribution in [3.63, 3.8) is 0 Å². The monoisotopic (exact) mass is 449 g/mol. The second kappa shape index (κ2) is 8.93. The quantitative estimate of drug-likeness (QED) is 0.430. The van der Waals surface area contributed by atoms with E-state index in [9.17, 15) is 22.4 Å². The number of nitrogens with one attached hydrogen (secondary N) is 2. The summed E-state index contributed by atoms with van der Waals surface area (Å²) in [5.41, 5.74) is -0.810. The Morgan fingerprint density at radius 3 is 2.35 bits per heavy atom. The Labute approximate surface area is 178 Å². The van der Waals surface area contributed by atoms with Gasteiger partial charge in [0.2, 0.25) is 0 Å². The number of nitriles is 1. The summed E-state index contributed by atoms with van der Waals surface area (Å²) in [7, 11) is 0. The van der Waals surface area contributed by atoms with Crippen molar-refractivity contribution in [1.29, 1.82) is 5.26 Å². The van der Waals surface area contributed by atoms with E-state index in [2.05, 4.69) is 10.6 Å². The molecule has 0 aromatic heterocycles. The number of urea groups is 1. The predicted octanol–water partition coefficient (Wildman–Crippen LogP) is 6.81. The SMILES string of the molecule is N#Cc1ccc(Oc2cccc(NC(=O)Nc3ccc(Cl)c(C(F)(F)F)c3)c2)c(F)c1. The molecule has 0 atom stereocenters. The Kier molecular flexibility index (Phi) is 6.32. The number of hydrogen-bond donors (Lipinski definition) is 2. The minimum absolute atomic E-state index is 0.110. The highest BCUT2D eigenvalue weighted by atomic mass is 35.5. The summed E-state index contributed by atoms with van der Waals surface area (Å²) in [4.78, 5) is 12.2. The van der Waals surface area contributed by atoms with Crippen LogP contribution >= 0.6 is 11.6 Å². The maximum atomic E-state index is 14.0. The Balaban J connectivity index is 1.70. The van der Waals surface area contributed by atoms with Crippen LogP contribution in [-0.4, -0.2) is 6.03 Å². The highest BCUT2D eigenvalue weighted by molar-refractivity contribution is 6.31. The van der Waals surface area contributed by atoms with Gasteiger partial charge in [0.1, 0.15) is 5.75 Å². The average Bonchev–Trinajstić information content (AvgIpc) is 2.70. The van der Waals surface area contributed by atoms with Crippen LogP contribution in [0.3, 0.4) is 0 Å². The van der Waals surface area contributed by atoms with Gasteiger partial charge in [-0.2, -0.15) is 18.4 Å². The molecule has 0 bridgehead atoms. The predicted molar refractivity (Wildman–Crippen MR) is 107 cm³/mol. The maximum absolute atomic E-state index is 14.0. The lowest BCUT2D eigenvalue weighted by Crippen LogP contribution is -2.20. The van der Waals surface area contributed by atoms with Crippen LogP contribution in [0.5, 0.6) is 11.5 Å². The van der Waals surface area contributed by atoms with Crippen molar-refractivity contribution in [3.05, 3.63) is 82.6 Å². The molecule has 0 unspecified atom stereocenters. The normalized spacial score (nSPS) is 10.8. The molecule has 5 nitrogen and oxygen atoms in total. The smallest absolute Gasteiger partial charge is 0.417 e. The number of nitrogens with zero attached hydrogens (tertiary/aromatic N) is 1. The summed E-state index contributed by atoms with van der Waals surface area (Å²) in [5.74, 6) is -0.674. The molecular weight excluding hydrogens is 438 g/mol. The molecule has 2 amide bonds. The molecule has 10 heteroatoms. The fraction of sp³-hybridized carbons (Fsp3) is 0.0476. The number of amides is 2. The van der Waals surface area contributed by atoms with Gasteiger partial charge in [-0.1, -0.05) is 17.7 Å². The van der Waals surface area contributed by atoms with E-state index in [4.69, 9.17) is 21.6 Å². The van der Waals surface area contributed by atoms with E-state index in [1.165, 1.54) is 42.5 Å². The van der Waals surface area contributed by atoms with Gasteiger partial charge in [-0.25, -0.2) is 9.18 Å². The van der Waals surface area contributed by atoms with Gasteiger partial charge in [-0.05, 0) is 48.5 Å². The van der Waals surface area contributed by atoms with Crippen molar-refractivity contribution in [2.75, 3.05) is 10.6 Å². The molecule has 0 fully saturated rings. The first-order chi connectivity index (χ1) is 14.7. The Morgan fingerprint density at radius 2 is 1.71 bits per heavy atom. The molecular formula is C21H12ClF4N3O2. The van der Waals surface area contributed by atoms with Gasteiger partial charge in [0.15, 0.2) is 11.6 Å². The molecule has 0 aliphatic carbocycles. The van der Waals surface area contributed by atoms with Crippen LogP contribution in [0.25, 0.3) is 0 Å². The number of ether oxygens (including phenoxy) is 1. The van der Waals surface area contributed by atoms with Crippen LogP contribution in [0.4, 0.5) is 33.7 Å². The summed E-state index contributed by atoms with van der Waals surface area (Å²) >= 11 is 5.55. The molecule has 0 aliphatic rings. The van der Waals surface area contributed by atoms with Gasteiger partial charge in [0.25, 0.3) is 0 Å². The van der Waals surface area contributed by atoms with Crippen LogP contribution in [0, 0.1) is 17.1 Å². The van der Waals surface area contributed by atoms with Gasteiger partial charge < -0.3 is 15.4 Å². The zero-order chi connectivity index (χ0) is 22.6. The van der Waals surface area contributed by atoms with E-state index in [0.717, 1.165) is 18.2 Å². The summed E-state index contributed by atoms with van der Waals surface area (Å²) in [5, 5.41) is 13.0. The number of rotatable bonds is 4. The minimum atomic E-state index is -4.67. The van der Waals surface area contributed by atoms with Crippen molar-refractivity contribution in [2.45, 2.75) is 6.18 Å². The zero-order valence-corrected chi connectivity index (χ0v) is 16.2. The number of halogens is 5.